The molecule has 0 aromatic heterocycles. The van der Waals surface area contributed by atoms with E-state index in [1.54, 1.807) is 9.80 Å². The highest BCUT2D eigenvalue weighted by Gasteiger charge is 2.74. The molecule has 5 aliphatic rings. The van der Waals surface area contributed by atoms with Crippen LogP contribution in [-0.4, -0.2) is 127 Å². The van der Waals surface area contributed by atoms with Crippen LogP contribution < -0.4 is 9.64 Å². The van der Waals surface area contributed by atoms with E-state index in [1.807, 2.05) is 67.3 Å². The lowest BCUT2D eigenvalue weighted by Crippen LogP contribution is -2.56. The minimum absolute atomic E-state index is 0.0761. The minimum atomic E-state index is -1.28. The molecule has 5 heterocycles. The fraction of sp³-hybridized carbons (Fsp3) is 0.618. The number of morpholine rings is 1. The Labute approximate surface area is 265 Å². The molecular formula is C34H46N4O7. The maximum Gasteiger partial charge on any atom is 0.249 e. The third-order valence-electron chi connectivity index (χ3n) is 9.95. The molecule has 244 valence electrons. The third-order valence-corrected chi connectivity index (χ3v) is 9.95. The maximum absolute atomic E-state index is 14.6. The summed E-state index contributed by atoms with van der Waals surface area (Å²) in [4.78, 5) is 51.1. The molecule has 1 N–H and O–H groups in total. The van der Waals surface area contributed by atoms with Crippen molar-refractivity contribution in [2.75, 3.05) is 77.1 Å². The van der Waals surface area contributed by atoms with E-state index in [0.717, 1.165) is 31.8 Å². The average Bonchev–Trinajstić information content (AvgIpc) is 3.31. The van der Waals surface area contributed by atoms with Gasteiger partial charge in [0.1, 0.15) is 17.4 Å². The monoisotopic (exact) mass is 622 g/mol. The van der Waals surface area contributed by atoms with Crippen LogP contribution in [0.1, 0.15) is 33.1 Å². The smallest absolute Gasteiger partial charge is 0.249 e. The van der Waals surface area contributed by atoms with E-state index in [1.165, 1.54) is 0 Å². The van der Waals surface area contributed by atoms with Crippen LogP contribution in [0.4, 0.5) is 5.69 Å². The van der Waals surface area contributed by atoms with Gasteiger partial charge in [0.05, 0.1) is 37.3 Å². The van der Waals surface area contributed by atoms with Crippen molar-refractivity contribution in [2.45, 2.75) is 50.4 Å². The number of rotatable bonds is 11. The van der Waals surface area contributed by atoms with Gasteiger partial charge in [-0.15, -0.1) is 0 Å². The van der Waals surface area contributed by atoms with Gasteiger partial charge in [-0.25, -0.2) is 0 Å². The fourth-order valence-electron chi connectivity index (χ4n) is 7.79. The highest BCUT2D eigenvalue weighted by atomic mass is 16.5. The lowest BCUT2D eigenvalue weighted by atomic mass is 9.74. The van der Waals surface area contributed by atoms with Crippen molar-refractivity contribution < 1.29 is 33.7 Å². The van der Waals surface area contributed by atoms with Crippen LogP contribution in [0.25, 0.3) is 0 Å². The number of aliphatic hydroxyl groups is 1. The molecule has 0 aliphatic carbocycles. The lowest BCUT2D eigenvalue weighted by Gasteiger charge is -2.38. The van der Waals surface area contributed by atoms with E-state index in [2.05, 4.69) is 4.90 Å². The van der Waals surface area contributed by atoms with E-state index in [0.29, 0.717) is 64.5 Å². The van der Waals surface area contributed by atoms with E-state index < -0.39 is 29.1 Å². The van der Waals surface area contributed by atoms with Gasteiger partial charge in [0.15, 0.2) is 0 Å². The predicted molar refractivity (Wildman–Crippen MR) is 168 cm³/mol. The standard InChI is InChI=1S/C34H46N4O7/c1-3-44-26-11-9-25(10-12-26)37-17-7-13-33(2)27(30(37)40)28-31(41)38(16-5-4-6-22-39)29-32(42)36(15-8-14-34(28,29)45-33)19-18-35-20-23-43-24-21-35/h7-14,27-29,39H,3-6,15-24H2,1-2H3/t27-,28-,29?,33+,34-/m0/s1. The number of fused-ring (bicyclic) bond motifs is 2. The molecule has 1 spiro atoms. The summed E-state index contributed by atoms with van der Waals surface area (Å²) in [6, 6.07) is 6.53. The number of benzene rings is 1. The molecule has 1 unspecified atom stereocenters. The number of anilines is 1. The molecule has 3 amide bonds. The Morgan fingerprint density at radius 2 is 1.64 bits per heavy atom. The molecule has 0 radical (unpaired) electrons. The highest BCUT2D eigenvalue weighted by molar-refractivity contribution is 6.04. The second-order valence-corrected chi connectivity index (χ2v) is 12.7. The minimum Gasteiger partial charge on any atom is -0.494 e. The normalized spacial score (nSPS) is 31.6. The van der Waals surface area contributed by atoms with Crippen molar-refractivity contribution in [1.82, 2.24) is 14.7 Å². The molecule has 45 heavy (non-hydrogen) atoms. The van der Waals surface area contributed by atoms with Crippen LogP contribution in [0.3, 0.4) is 0 Å². The highest BCUT2D eigenvalue weighted by Crippen LogP contribution is 2.57. The second-order valence-electron chi connectivity index (χ2n) is 12.7. The van der Waals surface area contributed by atoms with Gasteiger partial charge in [-0.2, -0.15) is 0 Å². The Bertz CT molecular complexity index is 1310. The van der Waals surface area contributed by atoms with Gasteiger partial charge in [0.25, 0.3) is 0 Å². The SMILES string of the molecule is CCOc1ccc(N2CC=C[C@@]3(C)O[C@]45C=CCN(CCN6CCOCC6)C(=O)C4N(CCCCCO)C(=O)[C@@H]5[C@H]3C2=O)cc1. The molecule has 1 aromatic carbocycles. The van der Waals surface area contributed by atoms with Crippen LogP contribution in [0.15, 0.2) is 48.6 Å². The number of aliphatic hydroxyl groups excluding tert-OH is 1. The predicted octanol–water partition coefficient (Wildman–Crippen LogP) is 1.85. The van der Waals surface area contributed by atoms with Gasteiger partial charge in [0, 0.05) is 58.1 Å². The first-order valence-corrected chi connectivity index (χ1v) is 16.4. The zero-order chi connectivity index (χ0) is 31.6. The van der Waals surface area contributed by atoms with E-state index in [9.17, 15) is 19.5 Å². The summed E-state index contributed by atoms with van der Waals surface area (Å²) >= 11 is 0. The van der Waals surface area contributed by atoms with Gasteiger partial charge in [-0.3, -0.25) is 19.3 Å². The Morgan fingerprint density at radius 3 is 2.38 bits per heavy atom. The van der Waals surface area contributed by atoms with Crippen molar-refractivity contribution in [3.63, 3.8) is 0 Å². The maximum atomic E-state index is 14.6. The first-order chi connectivity index (χ1) is 21.8. The molecule has 11 heteroatoms. The van der Waals surface area contributed by atoms with Crippen LogP contribution >= 0.6 is 0 Å². The molecule has 0 bridgehead atoms. The molecule has 3 saturated heterocycles. The number of carbonyl (C=O) groups excluding carboxylic acids is 3. The van der Waals surface area contributed by atoms with Crippen LogP contribution in [0.2, 0.25) is 0 Å². The summed E-state index contributed by atoms with van der Waals surface area (Å²) in [7, 11) is 0. The zero-order valence-electron chi connectivity index (χ0n) is 26.4. The van der Waals surface area contributed by atoms with Crippen LogP contribution in [-0.2, 0) is 23.9 Å². The summed E-state index contributed by atoms with van der Waals surface area (Å²) in [5, 5.41) is 9.34. The van der Waals surface area contributed by atoms with Crippen molar-refractivity contribution >= 4 is 23.4 Å². The van der Waals surface area contributed by atoms with Gasteiger partial charge in [-0.1, -0.05) is 24.3 Å². The van der Waals surface area contributed by atoms with E-state index in [-0.39, 0.29) is 24.3 Å². The molecular weight excluding hydrogens is 576 g/mol. The van der Waals surface area contributed by atoms with Crippen molar-refractivity contribution in [1.29, 1.82) is 0 Å². The van der Waals surface area contributed by atoms with Gasteiger partial charge in [0.2, 0.25) is 17.7 Å². The van der Waals surface area contributed by atoms with Crippen molar-refractivity contribution in [2.24, 2.45) is 11.8 Å². The van der Waals surface area contributed by atoms with E-state index in [4.69, 9.17) is 14.2 Å². The van der Waals surface area contributed by atoms with Gasteiger partial charge < -0.3 is 34.0 Å². The molecule has 11 nitrogen and oxygen atoms in total. The summed E-state index contributed by atoms with van der Waals surface area (Å²) in [6.07, 6.45) is 9.68. The fourth-order valence-corrected chi connectivity index (χ4v) is 7.79. The quantitative estimate of drug-likeness (QED) is 0.294. The first kappa shape index (κ1) is 31.7. The number of unbranched alkanes of at least 4 members (excludes halogenated alkanes) is 2. The Hall–Kier alpha value is -3.25. The lowest BCUT2D eigenvalue weighted by molar-refractivity contribution is -0.151. The molecule has 1 aromatic rings. The number of carbonyl (C=O) groups is 3. The summed E-state index contributed by atoms with van der Waals surface area (Å²) in [6.45, 7) is 9.78. The summed E-state index contributed by atoms with van der Waals surface area (Å²) < 4.78 is 18.0. The Kier molecular flexibility index (Phi) is 9.33. The molecule has 6 rings (SSSR count). The van der Waals surface area contributed by atoms with Crippen LogP contribution in [0, 0.1) is 11.8 Å². The largest absolute Gasteiger partial charge is 0.494 e. The number of nitrogens with zero attached hydrogens (tertiary/aromatic N) is 4. The number of likely N-dealkylation sites (tertiary alicyclic amines) is 1. The van der Waals surface area contributed by atoms with Gasteiger partial charge >= 0.3 is 0 Å². The summed E-state index contributed by atoms with van der Waals surface area (Å²) in [5.74, 6) is -1.52. The Balaban J connectivity index is 1.33. The van der Waals surface area contributed by atoms with Crippen molar-refractivity contribution in [3.8, 4) is 5.75 Å². The van der Waals surface area contributed by atoms with Crippen molar-refractivity contribution in [3.05, 3.63) is 48.6 Å². The zero-order valence-corrected chi connectivity index (χ0v) is 26.4. The molecule has 3 fully saturated rings. The average molecular weight is 623 g/mol. The summed E-state index contributed by atoms with van der Waals surface area (Å²) in [5.41, 5.74) is -1.64. The number of ether oxygens (including phenoxy) is 3. The number of hydrogen-bond acceptors (Lipinski definition) is 8. The molecule has 5 aliphatic heterocycles. The van der Waals surface area contributed by atoms with Gasteiger partial charge in [-0.05, 0) is 57.4 Å². The third kappa shape index (κ3) is 5.80. The number of amides is 3. The van der Waals surface area contributed by atoms with Crippen LogP contribution in [0.5, 0.6) is 5.75 Å². The number of hydrogen-bond donors (Lipinski definition) is 1. The molecule has 0 saturated carbocycles. The Morgan fingerprint density at radius 1 is 0.889 bits per heavy atom. The second kappa shape index (κ2) is 13.2. The topological polar surface area (TPSA) is 112 Å². The first-order valence-electron chi connectivity index (χ1n) is 16.4. The molecule has 5 atom stereocenters. The van der Waals surface area contributed by atoms with E-state index >= 15 is 0 Å².